The first kappa shape index (κ1) is 17.9. The third-order valence-electron chi connectivity index (χ3n) is 5.25. The molecule has 0 aliphatic carbocycles. The zero-order valence-corrected chi connectivity index (χ0v) is 16.7. The van der Waals surface area contributed by atoms with Crippen LogP contribution in [0.3, 0.4) is 0 Å². The maximum absolute atomic E-state index is 12.8. The number of ketones is 1. The highest BCUT2D eigenvalue weighted by Crippen LogP contribution is 2.28. The van der Waals surface area contributed by atoms with E-state index in [4.69, 9.17) is 4.98 Å². The lowest BCUT2D eigenvalue weighted by atomic mass is 9.93. The molecule has 1 atom stereocenters. The number of thiophene rings is 1. The molecule has 0 N–H and O–H groups in total. The first-order valence-corrected chi connectivity index (χ1v) is 10.1. The molecule has 0 saturated carbocycles. The van der Waals surface area contributed by atoms with Crippen LogP contribution >= 0.6 is 11.3 Å². The van der Waals surface area contributed by atoms with E-state index in [1.54, 1.807) is 6.20 Å². The van der Waals surface area contributed by atoms with E-state index in [9.17, 15) is 4.79 Å². The van der Waals surface area contributed by atoms with Gasteiger partial charge in [-0.3, -0.25) is 9.48 Å². The first-order valence-electron chi connectivity index (χ1n) is 9.21. The van der Waals surface area contributed by atoms with Crippen molar-refractivity contribution >= 4 is 23.1 Å². The van der Waals surface area contributed by atoms with Crippen LogP contribution in [0.25, 0.3) is 11.3 Å². The third kappa shape index (κ3) is 3.39. The Morgan fingerprint density at radius 3 is 2.85 bits per heavy atom. The van der Waals surface area contributed by atoms with E-state index in [2.05, 4.69) is 15.0 Å². The molecule has 7 heteroatoms. The summed E-state index contributed by atoms with van der Waals surface area (Å²) in [4.78, 5) is 25.0. The van der Waals surface area contributed by atoms with Gasteiger partial charge in [0, 0.05) is 43.5 Å². The number of rotatable bonds is 4. The second-order valence-electron chi connectivity index (χ2n) is 7.04. The number of anilines is 1. The van der Waals surface area contributed by atoms with Gasteiger partial charge in [-0.1, -0.05) is 6.07 Å². The van der Waals surface area contributed by atoms with Gasteiger partial charge < -0.3 is 4.90 Å². The molecule has 0 spiro atoms. The van der Waals surface area contributed by atoms with E-state index < -0.39 is 0 Å². The van der Waals surface area contributed by atoms with Crippen LogP contribution in [0.15, 0.2) is 29.8 Å². The number of hydrogen-bond donors (Lipinski definition) is 0. The van der Waals surface area contributed by atoms with E-state index in [0.29, 0.717) is 12.5 Å². The van der Waals surface area contributed by atoms with Crippen LogP contribution < -0.4 is 4.90 Å². The summed E-state index contributed by atoms with van der Waals surface area (Å²) in [5.74, 6) is 0.940. The van der Waals surface area contributed by atoms with Crippen LogP contribution in [0.1, 0.15) is 33.9 Å². The van der Waals surface area contributed by atoms with Crippen LogP contribution in [-0.4, -0.2) is 38.6 Å². The zero-order chi connectivity index (χ0) is 19.0. The summed E-state index contributed by atoms with van der Waals surface area (Å²) in [7, 11) is 1.94. The van der Waals surface area contributed by atoms with Gasteiger partial charge in [0.05, 0.1) is 16.3 Å². The highest BCUT2D eigenvalue weighted by molar-refractivity contribution is 7.12. The Morgan fingerprint density at radius 1 is 1.30 bits per heavy atom. The molecule has 3 aromatic heterocycles. The Kier molecular flexibility index (Phi) is 4.78. The van der Waals surface area contributed by atoms with Crippen LogP contribution in [0.4, 0.5) is 5.95 Å². The summed E-state index contributed by atoms with van der Waals surface area (Å²) in [6.45, 7) is 5.60. The second kappa shape index (κ2) is 7.23. The summed E-state index contributed by atoms with van der Waals surface area (Å²) in [6, 6.07) is 5.78. The zero-order valence-electron chi connectivity index (χ0n) is 15.8. The summed E-state index contributed by atoms with van der Waals surface area (Å²) >= 11 is 1.52. The molecular formula is C20H23N5OS. The van der Waals surface area contributed by atoms with Crippen LogP contribution in [0.2, 0.25) is 0 Å². The minimum atomic E-state index is 0.00604. The number of piperidine rings is 1. The Morgan fingerprint density at radius 2 is 2.15 bits per heavy atom. The molecule has 1 unspecified atom stereocenters. The number of aryl methyl sites for hydroxylation is 2. The van der Waals surface area contributed by atoms with Crippen molar-refractivity contribution in [1.82, 2.24) is 19.7 Å². The predicted molar refractivity (Wildman–Crippen MR) is 107 cm³/mol. The Hall–Kier alpha value is -2.54. The summed E-state index contributed by atoms with van der Waals surface area (Å²) in [5, 5.41) is 6.45. The maximum Gasteiger partial charge on any atom is 0.225 e. The third-order valence-corrected chi connectivity index (χ3v) is 6.13. The highest BCUT2D eigenvalue weighted by atomic mass is 32.1. The molecule has 0 amide bonds. The smallest absolute Gasteiger partial charge is 0.225 e. The SMILES string of the molecule is Cc1nn(C)c(C)c1-c1ccnc(N2CCCC(C(=O)c3cccs3)C2)n1. The molecule has 4 heterocycles. The van der Waals surface area contributed by atoms with Gasteiger partial charge in [-0.25, -0.2) is 9.97 Å². The second-order valence-corrected chi connectivity index (χ2v) is 7.99. The van der Waals surface area contributed by atoms with Crippen molar-refractivity contribution in [3.8, 4) is 11.3 Å². The van der Waals surface area contributed by atoms with Gasteiger partial charge in [0.15, 0.2) is 5.78 Å². The fourth-order valence-corrected chi connectivity index (χ4v) is 4.52. The monoisotopic (exact) mass is 381 g/mol. The van der Waals surface area contributed by atoms with Gasteiger partial charge in [-0.05, 0) is 44.2 Å². The molecule has 0 aromatic carbocycles. The number of Topliss-reactive ketones (excluding diaryl/α,β-unsaturated/α-hetero) is 1. The minimum Gasteiger partial charge on any atom is -0.340 e. The van der Waals surface area contributed by atoms with Crippen molar-refractivity contribution in [2.75, 3.05) is 18.0 Å². The average molecular weight is 382 g/mol. The van der Waals surface area contributed by atoms with Crippen LogP contribution in [0.5, 0.6) is 0 Å². The van der Waals surface area contributed by atoms with Crippen LogP contribution in [0, 0.1) is 19.8 Å². The van der Waals surface area contributed by atoms with E-state index in [0.717, 1.165) is 46.9 Å². The molecule has 1 fully saturated rings. The summed E-state index contributed by atoms with van der Waals surface area (Å²) < 4.78 is 1.88. The predicted octanol–water partition coefficient (Wildman–Crippen LogP) is 3.65. The minimum absolute atomic E-state index is 0.00604. The van der Waals surface area contributed by atoms with Crippen molar-refractivity contribution in [2.45, 2.75) is 26.7 Å². The molecule has 140 valence electrons. The van der Waals surface area contributed by atoms with E-state index in [1.165, 1.54) is 11.3 Å². The number of carbonyl (C=O) groups is 1. The highest BCUT2D eigenvalue weighted by Gasteiger charge is 2.28. The fraction of sp³-hybridized carbons (Fsp3) is 0.400. The first-order chi connectivity index (χ1) is 13.0. The van der Waals surface area contributed by atoms with Crippen molar-refractivity contribution in [2.24, 2.45) is 13.0 Å². The lowest BCUT2D eigenvalue weighted by Crippen LogP contribution is -2.39. The Bertz CT molecular complexity index is 963. The van der Waals surface area contributed by atoms with Gasteiger partial charge >= 0.3 is 0 Å². The van der Waals surface area contributed by atoms with Crippen molar-refractivity contribution < 1.29 is 4.79 Å². The molecule has 0 radical (unpaired) electrons. The van der Waals surface area contributed by atoms with Gasteiger partial charge in [-0.2, -0.15) is 5.10 Å². The van der Waals surface area contributed by atoms with Crippen LogP contribution in [-0.2, 0) is 7.05 Å². The van der Waals surface area contributed by atoms with Gasteiger partial charge in [-0.15, -0.1) is 11.3 Å². The van der Waals surface area contributed by atoms with Crippen molar-refractivity contribution in [3.63, 3.8) is 0 Å². The number of carbonyl (C=O) groups excluding carboxylic acids is 1. The number of aromatic nitrogens is 4. The molecule has 6 nitrogen and oxygen atoms in total. The standard InChI is InChI=1S/C20H23N5OS/c1-13-18(14(2)24(3)23-13)16-8-9-21-20(22-16)25-10-4-6-15(12-25)19(26)17-7-5-11-27-17/h5,7-9,11,15H,4,6,10,12H2,1-3H3. The maximum atomic E-state index is 12.8. The van der Waals surface area contributed by atoms with E-state index >= 15 is 0 Å². The topological polar surface area (TPSA) is 63.9 Å². The molecule has 0 bridgehead atoms. The fourth-order valence-electron chi connectivity index (χ4n) is 3.78. The molecule has 1 aliphatic rings. The number of hydrogen-bond acceptors (Lipinski definition) is 6. The summed E-state index contributed by atoms with van der Waals surface area (Å²) in [6.07, 6.45) is 3.70. The molecule has 1 aliphatic heterocycles. The van der Waals surface area contributed by atoms with E-state index in [-0.39, 0.29) is 11.7 Å². The van der Waals surface area contributed by atoms with Crippen molar-refractivity contribution in [3.05, 3.63) is 46.0 Å². The lowest BCUT2D eigenvalue weighted by Gasteiger charge is -2.32. The van der Waals surface area contributed by atoms with Crippen molar-refractivity contribution in [1.29, 1.82) is 0 Å². The molecular weight excluding hydrogens is 358 g/mol. The summed E-state index contributed by atoms with van der Waals surface area (Å²) in [5.41, 5.74) is 3.99. The average Bonchev–Trinajstić information content (AvgIpc) is 3.30. The lowest BCUT2D eigenvalue weighted by molar-refractivity contribution is 0.0911. The molecule has 3 aromatic rings. The largest absolute Gasteiger partial charge is 0.340 e. The molecule has 1 saturated heterocycles. The normalized spacial score (nSPS) is 17.3. The van der Waals surface area contributed by atoms with Gasteiger partial charge in [0.25, 0.3) is 0 Å². The Labute approximate surface area is 162 Å². The van der Waals surface area contributed by atoms with E-state index in [1.807, 2.05) is 49.2 Å². The van der Waals surface area contributed by atoms with Gasteiger partial charge in [0.2, 0.25) is 5.95 Å². The molecule has 4 rings (SSSR count). The van der Waals surface area contributed by atoms with Gasteiger partial charge in [0.1, 0.15) is 0 Å². The Balaban J connectivity index is 1.59. The quantitative estimate of drug-likeness (QED) is 0.646. The molecule has 27 heavy (non-hydrogen) atoms. The number of nitrogens with zero attached hydrogens (tertiary/aromatic N) is 5.